The van der Waals surface area contributed by atoms with Gasteiger partial charge in [0.1, 0.15) is 6.04 Å². The van der Waals surface area contributed by atoms with Crippen LogP contribution in [0.15, 0.2) is 12.2 Å². The average Bonchev–Trinajstić information content (AvgIpc) is 2.47. The maximum absolute atomic E-state index is 11.3. The number of nitrogens with one attached hydrogen (secondary N) is 2. The molecule has 0 aromatic heterocycles. The molecule has 2 amide bonds. The number of carbonyl (C=O) groups is 2. The summed E-state index contributed by atoms with van der Waals surface area (Å²) in [4.78, 5) is 22.1. The number of amides is 2. The smallest absolute Gasteiger partial charge is 0.242 e. The molecule has 0 radical (unpaired) electrons. The summed E-state index contributed by atoms with van der Waals surface area (Å²) in [5.74, 6) is -0.163. The van der Waals surface area contributed by atoms with Gasteiger partial charge in [-0.15, -0.1) is 0 Å². The minimum atomic E-state index is -0.341. The first-order valence-electron chi connectivity index (χ1n) is 4.31. The molecule has 0 aromatic carbocycles. The van der Waals surface area contributed by atoms with Gasteiger partial charge in [-0.05, 0) is 13.3 Å². The molecule has 1 aliphatic heterocycles. The van der Waals surface area contributed by atoms with Crippen molar-refractivity contribution >= 4 is 11.8 Å². The molecule has 0 spiro atoms. The summed E-state index contributed by atoms with van der Waals surface area (Å²) in [6.45, 7) is 5.98. The average molecular weight is 182 g/mol. The maximum Gasteiger partial charge on any atom is 0.242 e. The Morgan fingerprint density at radius 1 is 1.77 bits per heavy atom. The van der Waals surface area contributed by atoms with Crippen molar-refractivity contribution in [3.05, 3.63) is 12.2 Å². The number of rotatable bonds is 3. The number of hydrogen-bond acceptors (Lipinski definition) is 2. The topological polar surface area (TPSA) is 58.2 Å². The van der Waals surface area contributed by atoms with E-state index in [4.69, 9.17) is 0 Å². The molecule has 13 heavy (non-hydrogen) atoms. The van der Waals surface area contributed by atoms with E-state index in [9.17, 15) is 9.59 Å². The van der Waals surface area contributed by atoms with E-state index < -0.39 is 0 Å². The second-order valence-electron chi connectivity index (χ2n) is 3.33. The lowest BCUT2D eigenvalue weighted by atomic mass is 10.2. The van der Waals surface area contributed by atoms with Crippen LogP contribution in [0.25, 0.3) is 0 Å². The van der Waals surface area contributed by atoms with Crippen LogP contribution in [0.1, 0.15) is 19.8 Å². The Bertz CT molecular complexity index is 248. The number of carbonyl (C=O) groups excluding carboxylic acids is 2. The van der Waals surface area contributed by atoms with Gasteiger partial charge in [0.15, 0.2) is 0 Å². The Morgan fingerprint density at radius 2 is 2.46 bits per heavy atom. The van der Waals surface area contributed by atoms with Crippen molar-refractivity contribution in [1.82, 2.24) is 10.6 Å². The zero-order valence-electron chi connectivity index (χ0n) is 7.72. The standard InChI is InChI=1S/C9H14N2O2/c1-6(2)5-10-9(13)7-3-4-8(12)11-7/h7H,1,3-5H2,2H3,(H,10,13)(H,11,12). The molecule has 4 heteroatoms. The van der Waals surface area contributed by atoms with Gasteiger partial charge >= 0.3 is 0 Å². The van der Waals surface area contributed by atoms with E-state index in [1.165, 1.54) is 0 Å². The van der Waals surface area contributed by atoms with Crippen LogP contribution in [0, 0.1) is 0 Å². The van der Waals surface area contributed by atoms with Crippen molar-refractivity contribution in [3.63, 3.8) is 0 Å². The highest BCUT2D eigenvalue weighted by Gasteiger charge is 2.26. The lowest BCUT2D eigenvalue weighted by Crippen LogP contribution is -2.42. The molecule has 1 unspecified atom stereocenters. The highest BCUT2D eigenvalue weighted by atomic mass is 16.2. The van der Waals surface area contributed by atoms with Crippen LogP contribution >= 0.6 is 0 Å². The Balaban J connectivity index is 2.31. The van der Waals surface area contributed by atoms with Gasteiger partial charge in [0, 0.05) is 13.0 Å². The molecule has 0 aromatic rings. The van der Waals surface area contributed by atoms with Crippen LogP contribution in [0.4, 0.5) is 0 Å². The first-order chi connectivity index (χ1) is 6.09. The molecular weight excluding hydrogens is 168 g/mol. The molecule has 0 bridgehead atoms. The van der Waals surface area contributed by atoms with Crippen molar-refractivity contribution < 1.29 is 9.59 Å². The second kappa shape index (κ2) is 4.07. The predicted octanol–water partition coefficient (Wildman–Crippen LogP) is -0.0427. The van der Waals surface area contributed by atoms with Crippen LogP contribution in [0.5, 0.6) is 0 Å². The fourth-order valence-corrected chi connectivity index (χ4v) is 1.17. The Kier molecular flexibility index (Phi) is 3.06. The van der Waals surface area contributed by atoms with Crippen molar-refractivity contribution in [1.29, 1.82) is 0 Å². The molecule has 1 fully saturated rings. The highest BCUT2D eigenvalue weighted by molar-refractivity contribution is 5.90. The highest BCUT2D eigenvalue weighted by Crippen LogP contribution is 2.05. The summed E-state index contributed by atoms with van der Waals surface area (Å²) < 4.78 is 0. The molecule has 1 aliphatic rings. The monoisotopic (exact) mass is 182 g/mol. The van der Waals surface area contributed by atoms with Gasteiger partial charge in [-0.25, -0.2) is 0 Å². The Hall–Kier alpha value is -1.32. The van der Waals surface area contributed by atoms with Crippen molar-refractivity contribution in [2.45, 2.75) is 25.8 Å². The van der Waals surface area contributed by atoms with Gasteiger partial charge in [0.25, 0.3) is 0 Å². The van der Waals surface area contributed by atoms with Crippen molar-refractivity contribution in [2.75, 3.05) is 6.54 Å². The number of hydrogen-bond donors (Lipinski definition) is 2. The zero-order valence-corrected chi connectivity index (χ0v) is 7.72. The molecule has 4 nitrogen and oxygen atoms in total. The molecular formula is C9H14N2O2. The van der Waals surface area contributed by atoms with Crippen LogP contribution in [-0.2, 0) is 9.59 Å². The first-order valence-corrected chi connectivity index (χ1v) is 4.31. The first kappa shape index (κ1) is 9.77. The summed E-state index contributed by atoms with van der Waals surface area (Å²) in [7, 11) is 0. The Morgan fingerprint density at radius 3 is 2.92 bits per heavy atom. The molecule has 72 valence electrons. The lowest BCUT2D eigenvalue weighted by molar-refractivity contribution is -0.125. The summed E-state index contributed by atoms with van der Waals surface area (Å²) in [6, 6.07) is -0.341. The van der Waals surface area contributed by atoms with Crippen LogP contribution in [0.3, 0.4) is 0 Å². The summed E-state index contributed by atoms with van der Waals surface area (Å²) >= 11 is 0. The summed E-state index contributed by atoms with van der Waals surface area (Å²) in [5.41, 5.74) is 0.901. The molecule has 1 rings (SSSR count). The minimum absolute atomic E-state index is 0.0459. The van der Waals surface area contributed by atoms with E-state index in [0.717, 1.165) is 5.57 Å². The lowest BCUT2D eigenvalue weighted by Gasteiger charge is -2.10. The molecule has 1 saturated heterocycles. The molecule has 1 heterocycles. The summed E-state index contributed by atoms with van der Waals surface area (Å²) in [5, 5.41) is 5.29. The van der Waals surface area contributed by atoms with E-state index in [1.807, 2.05) is 6.92 Å². The maximum atomic E-state index is 11.3. The Labute approximate surface area is 77.4 Å². The molecule has 2 N–H and O–H groups in total. The van der Waals surface area contributed by atoms with E-state index in [0.29, 0.717) is 19.4 Å². The third-order valence-corrected chi connectivity index (χ3v) is 1.88. The molecule has 1 atom stereocenters. The molecule has 0 saturated carbocycles. The third kappa shape index (κ3) is 2.89. The fraction of sp³-hybridized carbons (Fsp3) is 0.556. The normalized spacial score (nSPS) is 21.0. The third-order valence-electron chi connectivity index (χ3n) is 1.88. The fourth-order valence-electron chi connectivity index (χ4n) is 1.17. The summed E-state index contributed by atoms with van der Waals surface area (Å²) in [6.07, 6.45) is 1.05. The van der Waals surface area contributed by atoms with Crippen molar-refractivity contribution in [2.24, 2.45) is 0 Å². The predicted molar refractivity (Wildman–Crippen MR) is 49.0 cm³/mol. The van der Waals surface area contributed by atoms with Crippen LogP contribution in [0.2, 0.25) is 0 Å². The molecule has 0 aliphatic carbocycles. The van der Waals surface area contributed by atoms with Gasteiger partial charge in [-0.3, -0.25) is 9.59 Å². The van der Waals surface area contributed by atoms with E-state index >= 15 is 0 Å². The van der Waals surface area contributed by atoms with Crippen LogP contribution < -0.4 is 10.6 Å². The van der Waals surface area contributed by atoms with Gasteiger partial charge in [0.2, 0.25) is 11.8 Å². The van der Waals surface area contributed by atoms with Gasteiger partial charge in [-0.1, -0.05) is 12.2 Å². The largest absolute Gasteiger partial charge is 0.351 e. The van der Waals surface area contributed by atoms with E-state index in [2.05, 4.69) is 17.2 Å². The zero-order chi connectivity index (χ0) is 9.84. The van der Waals surface area contributed by atoms with Crippen LogP contribution in [-0.4, -0.2) is 24.4 Å². The quantitative estimate of drug-likeness (QED) is 0.601. The SMILES string of the molecule is C=C(C)CNC(=O)C1CCC(=O)N1. The minimum Gasteiger partial charge on any atom is -0.351 e. The van der Waals surface area contributed by atoms with Gasteiger partial charge in [-0.2, -0.15) is 0 Å². The second-order valence-corrected chi connectivity index (χ2v) is 3.33. The van der Waals surface area contributed by atoms with Gasteiger partial charge in [0.05, 0.1) is 0 Å². The van der Waals surface area contributed by atoms with Gasteiger partial charge < -0.3 is 10.6 Å². The van der Waals surface area contributed by atoms with E-state index in [1.54, 1.807) is 0 Å². The van der Waals surface area contributed by atoms with E-state index in [-0.39, 0.29) is 17.9 Å². The van der Waals surface area contributed by atoms with Crippen molar-refractivity contribution in [3.8, 4) is 0 Å².